The minimum atomic E-state index is -0.0253. The molecule has 5 nitrogen and oxygen atoms in total. The molecule has 0 spiro atoms. The highest BCUT2D eigenvalue weighted by molar-refractivity contribution is 5.62. The zero-order valence-corrected chi connectivity index (χ0v) is 17.8. The summed E-state index contributed by atoms with van der Waals surface area (Å²) in [5, 5.41) is 8.95. The van der Waals surface area contributed by atoms with Crippen molar-refractivity contribution in [2.24, 2.45) is 0 Å². The van der Waals surface area contributed by atoms with Crippen LogP contribution in [0.5, 0.6) is 17.2 Å². The molecule has 0 aliphatic rings. The number of methoxy groups -OCH3 is 2. The van der Waals surface area contributed by atoms with Crippen LogP contribution in [0.15, 0.2) is 42.0 Å². The Morgan fingerprint density at radius 1 is 1.18 bits per heavy atom. The molecule has 5 heteroatoms. The summed E-state index contributed by atoms with van der Waals surface area (Å²) in [6, 6.07) is 3.69. The predicted molar refractivity (Wildman–Crippen MR) is 114 cm³/mol. The number of ether oxygens (including phenoxy) is 4. The van der Waals surface area contributed by atoms with Crippen molar-refractivity contribution in [1.29, 1.82) is 0 Å². The van der Waals surface area contributed by atoms with Gasteiger partial charge in [-0.3, -0.25) is 0 Å². The predicted octanol–water partition coefficient (Wildman–Crippen LogP) is 4.80. The standard InChI is InChI=1S/C23H34O5/c1-7-27-20(17(2)3)11-10-18(4)12-14-28-23-21(25-5)15-19(9-8-13-24)16-22(23)26-6/h8-9,12,15-16,20,24H,2,7,10-11,13-14H2,1,3-6H3. The number of hydrogen-bond acceptors (Lipinski definition) is 5. The van der Waals surface area contributed by atoms with Crippen LogP contribution in [0.3, 0.4) is 0 Å². The number of hydrogen-bond donors (Lipinski definition) is 1. The molecule has 0 radical (unpaired) electrons. The van der Waals surface area contributed by atoms with Crippen LogP contribution in [0.2, 0.25) is 0 Å². The Labute approximate surface area is 169 Å². The highest BCUT2D eigenvalue weighted by Crippen LogP contribution is 2.39. The largest absolute Gasteiger partial charge is 0.493 e. The van der Waals surface area contributed by atoms with E-state index in [-0.39, 0.29) is 12.7 Å². The summed E-state index contributed by atoms with van der Waals surface area (Å²) in [6.07, 6.45) is 7.43. The lowest BCUT2D eigenvalue weighted by Gasteiger charge is -2.17. The number of aliphatic hydroxyl groups is 1. The fourth-order valence-corrected chi connectivity index (χ4v) is 2.73. The molecule has 0 bridgehead atoms. The quantitative estimate of drug-likeness (QED) is 0.491. The van der Waals surface area contributed by atoms with Crippen molar-refractivity contribution in [2.75, 3.05) is 34.0 Å². The molecule has 0 saturated carbocycles. The molecule has 1 aromatic carbocycles. The van der Waals surface area contributed by atoms with Crippen molar-refractivity contribution < 1.29 is 24.1 Å². The Balaban J connectivity index is 2.78. The van der Waals surface area contributed by atoms with E-state index in [0.717, 1.165) is 24.0 Å². The average Bonchev–Trinajstić information content (AvgIpc) is 2.69. The van der Waals surface area contributed by atoms with Crippen LogP contribution in [0.25, 0.3) is 6.08 Å². The smallest absolute Gasteiger partial charge is 0.203 e. The Morgan fingerprint density at radius 2 is 1.82 bits per heavy atom. The summed E-state index contributed by atoms with van der Waals surface area (Å²) in [6.45, 7) is 11.2. The van der Waals surface area contributed by atoms with E-state index in [4.69, 9.17) is 24.1 Å². The van der Waals surface area contributed by atoms with E-state index in [1.807, 2.05) is 26.0 Å². The third kappa shape index (κ3) is 7.79. The molecule has 156 valence electrons. The summed E-state index contributed by atoms with van der Waals surface area (Å²) >= 11 is 0. The van der Waals surface area contributed by atoms with Gasteiger partial charge in [0.15, 0.2) is 11.5 Å². The van der Waals surface area contributed by atoms with Gasteiger partial charge in [-0.25, -0.2) is 0 Å². The van der Waals surface area contributed by atoms with E-state index in [1.54, 1.807) is 26.4 Å². The Bertz CT molecular complexity index is 651. The third-order valence-corrected chi connectivity index (χ3v) is 4.28. The maximum atomic E-state index is 8.95. The zero-order chi connectivity index (χ0) is 20.9. The van der Waals surface area contributed by atoms with Crippen LogP contribution in [0.1, 0.15) is 39.2 Å². The van der Waals surface area contributed by atoms with Crippen molar-refractivity contribution in [1.82, 2.24) is 0 Å². The monoisotopic (exact) mass is 390 g/mol. The molecule has 1 aromatic rings. The molecule has 0 heterocycles. The molecule has 1 atom stereocenters. The summed E-state index contributed by atoms with van der Waals surface area (Å²) in [7, 11) is 3.18. The van der Waals surface area contributed by atoms with E-state index in [2.05, 4.69) is 19.6 Å². The first kappa shape index (κ1) is 23.8. The lowest BCUT2D eigenvalue weighted by Crippen LogP contribution is -2.13. The minimum absolute atomic E-state index is 0.0253. The van der Waals surface area contributed by atoms with Gasteiger partial charge in [-0.2, -0.15) is 0 Å². The second kappa shape index (κ2) is 13.0. The summed E-state index contributed by atoms with van der Waals surface area (Å²) in [5.74, 6) is 1.73. The second-order valence-corrected chi connectivity index (χ2v) is 6.53. The van der Waals surface area contributed by atoms with Crippen LogP contribution in [-0.4, -0.2) is 45.3 Å². The molecular weight excluding hydrogens is 356 g/mol. The van der Waals surface area contributed by atoms with E-state index < -0.39 is 0 Å². The van der Waals surface area contributed by atoms with E-state index >= 15 is 0 Å². The van der Waals surface area contributed by atoms with Gasteiger partial charge < -0.3 is 24.1 Å². The molecule has 1 rings (SSSR count). The molecule has 0 fully saturated rings. The fourth-order valence-electron chi connectivity index (χ4n) is 2.73. The Hall–Kier alpha value is -2.24. The van der Waals surface area contributed by atoms with Gasteiger partial charge in [-0.1, -0.05) is 29.9 Å². The highest BCUT2D eigenvalue weighted by atomic mass is 16.5. The molecule has 0 saturated heterocycles. The van der Waals surface area contributed by atoms with Crippen molar-refractivity contribution in [2.45, 2.75) is 39.7 Å². The number of aliphatic hydroxyl groups excluding tert-OH is 1. The van der Waals surface area contributed by atoms with Crippen molar-refractivity contribution in [3.8, 4) is 17.2 Å². The van der Waals surface area contributed by atoms with Crippen molar-refractivity contribution in [3.63, 3.8) is 0 Å². The highest BCUT2D eigenvalue weighted by Gasteiger charge is 2.13. The van der Waals surface area contributed by atoms with Gasteiger partial charge in [-0.15, -0.1) is 0 Å². The molecule has 0 aliphatic carbocycles. The van der Waals surface area contributed by atoms with Gasteiger partial charge in [0.1, 0.15) is 6.61 Å². The van der Waals surface area contributed by atoms with Crippen LogP contribution in [-0.2, 0) is 4.74 Å². The minimum Gasteiger partial charge on any atom is -0.493 e. The lowest BCUT2D eigenvalue weighted by atomic mass is 10.0. The van der Waals surface area contributed by atoms with E-state index in [9.17, 15) is 0 Å². The molecule has 0 amide bonds. The number of allylic oxidation sites excluding steroid dienone is 1. The lowest BCUT2D eigenvalue weighted by molar-refractivity contribution is 0.0827. The first-order chi connectivity index (χ1) is 13.5. The summed E-state index contributed by atoms with van der Waals surface area (Å²) in [5.41, 5.74) is 3.14. The first-order valence-electron chi connectivity index (χ1n) is 9.55. The Morgan fingerprint density at radius 3 is 2.32 bits per heavy atom. The van der Waals surface area contributed by atoms with Crippen LogP contribution in [0.4, 0.5) is 0 Å². The number of benzene rings is 1. The van der Waals surface area contributed by atoms with Gasteiger partial charge in [0, 0.05) is 6.61 Å². The summed E-state index contributed by atoms with van der Waals surface area (Å²) in [4.78, 5) is 0. The van der Waals surface area contributed by atoms with Gasteiger partial charge in [-0.05, 0) is 57.4 Å². The molecule has 1 unspecified atom stereocenters. The van der Waals surface area contributed by atoms with Crippen molar-refractivity contribution >= 4 is 6.08 Å². The first-order valence-corrected chi connectivity index (χ1v) is 9.55. The van der Waals surface area contributed by atoms with E-state index in [1.165, 1.54) is 5.57 Å². The normalized spacial score (nSPS) is 12.9. The molecule has 1 N–H and O–H groups in total. The summed E-state index contributed by atoms with van der Waals surface area (Å²) < 4.78 is 22.5. The fraction of sp³-hybridized carbons (Fsp3) is 0.478. The van der Waals surface area contributed by atoms with Gasteiger partial charge in [0.25, 0.3) is 0 Å². The van der Waals surface area contributed by atoms with Gasteiger partial charge >= 0.3 is 0 Å². The molecule has 0 aromatic heterocycles. The Kier molecular flexibility index (Phi) is 11.1. The van der Waals surface area contributed by atoms with Crippen LogP contribution < -0.4 is 14.2 Å². The maximum absolute atomic E-state index is 8.95. The van der Waals surface area contributed by atoms with Gasteiger partial charge in [0.2, 0.25) is 5.75 Å². The average molecular weight is 391 g/mol. The molecule has 0 aliphatic heterocycles. The third-order valence-electron chi connectivity index (χ3n) is 4.28. The maximum Gasteiger partial charge on any atom is 0.203 e. The number of rotatable bonds is 13. The van der Waals surface area contributed by atoms with Gasteiger partial charge in [0.05, 0.1) is 26.9 Å². The van der Waals surface area contributed by atoms with Crippen LogP contribution >= 0.6 is 0 Å². The van der Waals surface area contributed by atoms with Crippen molar-refractivity contribution in [3.05, 3.63) is 47.6 Å². The second-order valence-electron chi connectivity index (χ2n) is 6.53. The SMILES string of the molecule is C=C(C)C(CCC(C)=CCOc1c(OC)cc(C=CCO)cc1OC)OCC. The van der Waals surface area contributed by atoms with Crippen LogP contribution in [0, 0.1) is 0 Å². The molecular formula is C23H34O5. The molecule has 28 heavy (non-hydrogen) atoms. The zero-order valence-electron chi connectivity index (χ0n) is 17.8. The topological polar surface area (TPSA) is 57.2 Å². The van der Waals surface area contributed by atoms with E-state index in [0.29, 0.717) is 30.5 Å².